The van der Waals surface area contributed by atoms with Gasteiger partial charge in [-0.3, -0.25) is 9.89 Å². The normalized spacial score (nSPS) is 17.5. The quantitative estimate of drug-likeness (QED) is 0.363. The largest absolute Gasteiger partial charge is 0.356 e. The molecule has 0 saturated heterocycles. The first kappa shape index (κ1) is 20.7. The maximum atomic E-state index is 4.33. The molecule has 0 aliphatic heterocycles. The molecule has 1 aliphatic rings. The second-order valence-electron chi connectivity index (χ2n) is 6.47. The van der Waals surface area contributed by atoms with Gasteiger partial charge in [0.2, 0.25) is 0 Å². The number of guanidine groups is 1. The highest BCUT2D eigenvalue weighted by molar-refractivity contribution is 14.0. The minimum absolute atomic E-state index is 0. The number of thiophene rings is 1. The summed E-state index contributed by atoms with van der Waals surface area (Å²) in [5, 5.41) is 9.04. The van der Waals surface area contributed by atoms with Crippen molar-refractivity contribution in [2.45, 2.75) is 45.2 Å². The van der Waals surface area contributed by atoms with Crippen LogP contribution in [-0.4, -0.2) is 50.1 Å². The first-order valence-corrected chi connectivity index (χ1v) is 9.17. The predicted octanol–water partition coefficient (Wildman–Crippen LogP) is 3.19. The molecule has 6 heteroatoms. The number of hydrogen-bond acceptors (Lipinski definition) is 3. The highest BCUT2D eigenvalue weighted by atomic mass is 127. The lowest BCUT2D eigenvalue weighted by Gasteiger charge is -2.25. The molecule has 4 nitrogen and oxygen atoms in total. The standard InChI is InChI=1S/C17H30N4S.HI/c1-13(10-16-6-5-9-22-16)11-19-17(18-3)20-12-14(2)21(4)15-7-8-15;/h5-6,9,13-15H,7-8,10-12H2,1-4H3,(H2,18,19,20);1H. The van der Waals surface area contributed by atoms with Gasteiger partial charge in [-0.15, -0.1) is 35.3 Å². The minimum atomic E-state index is 0. The predicted molar refractivity (Wildman–Crippen MR) is 112 cm³/mol. The van der Waals surface area contributed by atoms with Gasteiger partial charge in [-0.25, -0.2) is 0 Å². The van der Waals surface area contributed by atoms with Crippen molar-refractivity contribution >= 4 is 41.3 Å². The Kier molecular flexibility index (Phi) is 9.46. The van der Waals surface area contributed by atoms with Crippen molar-refractivity contribution in [3.8, 4) is 0 Å². The van der Waals surface area contributed by atoms with E-state index in [0.717, 1.165) is 31.5 Å². The Morgan fingerprint density at radius 2 is 2.04 bits per heavy atom. The lowest BCUT2D eigenvalue weighted by Crippen LogP contribution is -2.46. The van der Waals surface area contributed by atoms with E-state index in [0.29, 0.717) is 12.0 Å². The van der Waals surface area contributed by atoms with Gasteiger partial charge in [-0.1, -0.05) is 13.0 Å². The number of rotatable bonds is 8. The molecule has 0 spiro atoms. The molecule has 2 unspecified atom stereocenters. The van der Waals surface area contributed by atoms with Crippen LogP contribution < -0.4 is 10.6 Å². The molecular weight excluding hydrogens is 419 g/mol. The van der Waals surface area contributed by atoms with Gasteiger partial charge in [0.05, 0.1) is 0 Å². The van der Waals surface area contributed by atoms with Gasteiger partial charge in [0.1, 0.15) is 0 Å². The number of nitrogens with zero attached hydrogens (tertiary/aromatic N) is 2. The molecular formula is C17H31IN4S. The van der Waals surface area contributed by atoms with E-state index in [-0.39, 0.29) is 24.0 Å². The summed E-state index contributed by atoms with van der Waals surface area (Å²) in [4.78, 5) is 8.25. The minimum Gasteiger partial charge on any atom is -0.356 e. The molecule has 2 atom stereocenters. The number of aliphatic imine (C=N–C) groups is 1. The number of nitrogens with one attached hydrogen (secondary N) is 2. The van der Waals surface area contributed by atoms with Crippen LogP contribution in [0.15, 0.2) is 22.5 Å². The fraction of sp³-hybridized carbons (Fsp3) is 0.706. The van der Waals surface area contributed by atoms with Crippen LogP contribution in [0.4, 0.5) is 0 Å². The Labute approximate surface area is 162 Å². The van der Waals surface area contributed by atoms with Crippen molar-refractivity contribution in [2.24, 2.45) is 10.9 Å². The second-order valence-corrected chi connectivity index (χ2v) is 7.50. The summed E-state index contributed by atoms with van der Waals surface area (Å²) in [6.07, 6.45) is 3.84. The fourth-order valence-corrected chi connectivity index (χ4v) is 3.44. The van der Waals surface area contributed by atoms with Gasteiger partial charge in [-0.05, 0) is 50.6 Å². The molecule has 1 fully saturated rings. The van der Waals surface area contributed by atoms with Crippen molar-refractivity contribution in [1.29, 1.82) is 0 Å². The Bertz CT molecular complexity index is 459. The summed E-state index contributed by atoms with van der Waals surface area (Å²) in [6.45, 7) is 6.44. The van der Waals surface area contributed by atoms with Crippen LogP contribution in [0, 0.1) is 5.92 Å². The third kappa shape index (κ3) is 7.39. The second kappa shape index (κ2) is 10.5. The summed E-state index contributed by atoms with van der Waals surface area (Å²) < 4.78 is 0. The van der Waals surface area contributed by atoms with E-state index in [1.165, 1.54) is 17.7 Å². The maximum absolute atomic E-state index is 4.33. The van der Waals surface area contributed by atoms with Gasteiger partial charge in [0, 0.05) is 37.1 Å². The van der Waals surface area contributed by atoms with Gasteiger partial charge in [-0.2, -0.15) is 0 Å². The van der Waals surface area contributed by atoms with Gasteiger partial charge < -0.3 is 10.6 Å². The Hall–Kier alpha value is -0.340. The molecule has 1 saturated carbocycles. The van der Waals surface area contributed by atoms with E-state index >= 15 is 0 Å². The Morgan fingerprint density at radius 3 is 2.61 bits per heavy atom. The first-order chi connectivity index (χ1) is 10.6. The summed E-state index contributed by atoms with van der Waals surface area (Å²) >= 11 is 1.84. The summed E-state index contributed by atoms with van der Waals surface area (Å²) in [7, 11) is 4.07. The molecule has 1 aromatic heterocycles. The zero-order valence-corrected chi connectivity index (χ0v) is 17.9. The van der Waals surface area contributed by atoms with Crippen molar-refractivity contribution in [3.05, 3.63) is 22.4 Å². The average Bonchev–Trinajstić information content (AvgIpc) is 3.24. The van der Waals surface area contributed by atoms with Crippen LogP contribution in [0.2, 0.25) is 0 Å². The van der Waals surface area contributed by atoms with Crippen LogP contribution in [0.25, 0.3) is 0 Å². The average molecular weight is 450 g/mol. The smallest absolute Gasteiger partial charge is 0.191 e. The highest BCUT2D eigenvalue weighted by Crippen LogP contribution is 2.26. The first-order valence-electron chi connectivity index (χ1n) is 8.29. The number of hydrogen-bond donors (Lipinski definition) is 2. The van der Waals surface area contributed by atoms with Crippen LogP contribution >= 0.6 is 35.3 Å². The lowest BCUT2D eigenvalue weighted by molar-refractivity contribution is 0.247. The molecule has 1 heterocycles. The molecule has 0 radical (unpaired) electrons. The van der Waals surface area contributed by atoms with E-state index in [2.05, 4.69) is 58.9 Å². The molecule has 0 bridgehead atoms. The molecule has 2 N–H and O–H groups in total. The third-order valence-electron chi connectivity index (χ3n) is 4.35. The van der Waals surface area contributed by atoms with E-state index < -0.39 is 0 Å². The molecule has 23 heavy (non-hydrogen) atoms. The van der Waals surface area contributed by atoms with Crippen molar-refractivity contribution in [2.75, 3.05) is 27.2 Å². The van der Waals surface area contributed by atoms with E-state index in [4.69, 9.17) is 0 Å². The molecule has 1 aliphatic carbocycles. The van der Waals surface area contributed by atoms with Gasteiger partial charge >= 0.3 is 0 Å². The Morgan fingerprint density at radius 1 is 1.35 bits per heavy atom. The monoisotopic (exact) mass is 450 g/mol. The van der Waals surface area contributed by atoms with E-state index in [9.17, 15) is 0 Å². The third-order valence-corrected chi connectivity index (χ3v) is 5.25. The zero-order valence-electron chi connectivity index (χ0n) is 14.7. The van der Waals surface area contributed by atoms with Crippen LogP contribution in [-0.2, 0) is 6.42 Å². The molecule has 1 aromatic rings. The van der Waals surface area contributed by atoms with Gasteiger partial charge in [0.25, 0.3) is 0 Å². The van der Waals surface area contributed by atoms with E-state index in [1.807, 2.05) is 18.4 Å². The summed E-state index contributed by atoms with van der Waals surface area (Å²) in [5.74, 6) is 1.51. The Balaban J connectivity index is 0.00000264. The van der Waals surface area contributed by atoms with Crippen molar-refractivity contribution in [1.82, 2.24) is 15.5 Å². The van der Waals surface area contributed by atoms with E-state index in [1.54, 1.807) is 0 Å². The van der Waals surface area contributed by atoms with Crippen LogP contribution in [0.1, 0.15) is 31.6 Å². The highest BCUT2D eigenvalue weighted by Gasteiger charge is 2.28. The summed E-state index contributed by atoms with van der Waals surface area (Å²) in [5.41, 5.74) is 0. The number of halogens is 1. The molecule has 2 rings (SSSR count). The molecule has 132 valence electrons. The molecule has 0 aromatic carbocycles. The van der Waals surface area contributed by atoms with Crippen molar-refractivity contribution < 1.29 is 0 Å². The SMILES string of the molecule is CN=C(NCC(C)Cc1cccs1)NCC(C)N(C)C1CC1.I. The van der Waals surface area contributed by atoms with Gasteiger partial charge in [0.15, 0.2) is 5.96 Å². The zero-order chi connectivity index (χ0) is 15.9. The fourth-order valence-electron chi connectivity index (χ4n) is 2.57. The number of likely N-dealkylation sites (N-methyl/N-ethyl adjacent to an activating group) is 1. The lowest BCUT2D eigenvalue weighted by atomic mass is 10.1. The maximum Gasteiger partial charge on any atom is 0.191 e. The topological polar surface area (TPSA) is 39.7 Å². The van der Waals surface area contributed by atoms with Crippen LogP contribution in [0.5, 0.6) is 0 Å². The molecule has 0 amide bonds. The summed E-state index contributed by atoms with van der Waals surface area (Å²) in [6, 6.07) is 5.68. The van der Waals surface area contributed by atoms with Crippen LogP contribution in [0.3, 0.4) is 0 Å². The van der Waals surface area contributed by atoms with Crippen molar-refractivity contribution in [3.63, 3.8) is 0 Å².